The maximum Gasteiger partial charge on any atom is 0.220 e. The van der Waals surface area contributed by atoms with Gasteiger partial charge < -0.3 is 10.4 Å². The molecule has 0 bridgehead atoms. The summed E-state index contributed by atoms with van der Waals surface area (Å²) in [4.78, 5) is 11.6. The van der Waals surface area contributed by atoms with Crippen molar-refractivity contribution >= 4 is 17.2 Å². The molecule has 96 valence electrons. The second-order valence-corrected chi connectivity index (χ2v) is 5.58. The lowest BCUT2D eigenvalue weighted by atomic mass is 9.94. The van der Waals surface area contributed by atoms with Crippen LogP contribution in [0.1, 0.15) is 38.9 Å². The molecule has 1 heterocycles. The first kappa shape index (κ1) is 14.2. The first-order chi connectivity index (χ1) is 8.00. The Morgan fingerprint density at radius 3 is 2.71 bits per heavy atom. The standard InChI is InChI=1S/C13H21NO2S/c1-9(2)10(3)6-13(16)14-7-12(15)11-4-5-17-8-11/h4-5,8-10,12,15H,6-7H2,1-3H3,(H,14,16). The molecule has 0 aliphatic rings. The van der Waals surface area contributed by atoms with Crippen LogP contribution in [-0.4, -0.2) is 17.6 Å². The number of aliphatic hydroxyl groups excluding tert-OH is 1. The molecule has 1 amide bonds. The van der Waals surface area contributed by atoms with Crippen LogP contribution in [0.3, 0.4) is 0 Å². The zero-order chi connectivity index (χ0) is 12.8. The molecule has 17 heavy (non-hydrogen) atoms. The number of hydrogen-bond acceptors (Lipinski definition) is 3. The zero-order valence-electron chi connectivity index (χ0n) is 10.6. The van der Waals surface area contributed by atoms with Crippen LogP contribution >= 0.6 is 11.3 Å². The molecular formula is C13H21NO2S. The summed E-state index contributed by atoms with van der Waals surface area (Å²) in [6, 6.07) is 1.87. The van der Waals surface area contributed by atoms with Crippen molar-refractivity contribution in [2.75, 3.05) is 6.54 Å². The van der Waals surface area contributed by atoms with Crippen molar-refractivity contribution in [3.05, 3.63) is 22.4 Å². The van der Waals surface area contributed by atoms with Crippen LogP contribution in [0.15, 0.2) is 16.8 Å². The lowest BCUT2D eigenvalue weighted by molar-refractivity contribution is -0.122. The first-order valence-electron chi connectivity index (χ1n) is 5.97. The summed E-state index contributed by atoms with van der Waals surface area (Å²) in [5.41, 5.74) is 0.868. The molecule has 0 fully saturated rings. The third kappa shape index (κ3) is 4.88. The monoisotopic (exact) mass is 255 g/mol. The van der Waals surface area contributed by atoms with Crippen LogP contribution in [0.5, 0.6) is 0 Å². The molecule has 0 saturated heterocycles. The fraction of sp³-hybridized carbons (Fsp3) is 0.615. The molecule has 2 unspecified atom stereocenters. The number of rotatable bonds is 6. The highest BCUT2D eigenvalue weighted by Crippen LogP contribution is 2.16. The maximum atomic E-state index is 11.6. The fourth-order valence-corrected chi connectivity index (χ4v) is 2.10. The van der Waals surface area contributed by atoms with Gasteiger partial charge in [-0.2, -0.15) is 11.3 Å². The third-order valence-electron chi connectivity index (χ3n) is 3.07. The molecule has 0 saturated carbocycles. The van der Waals surface area contributed by atoms with Crippen LogP contribution in [0.2, 0.25) is 0 Å². The van der Waals surface area contributed by atoms with Gasteiger partial charge in [-0.1, -0.05) is 20.8 Å². The normalized spacial score (nSPS) is 14.6. The largest absolute Gasteiger partial charge is 0.387 e. The lowest BCUT2D eigenvalue weighted by Crippen LogP contribution is -2.30. The number of carbonyl (C=O) groups excluding carboxylic acids is 1. The topological polar surface area (TPSA) is 49.3 Å². The molecule has 0 aliphatic carbocycles. The van der Waals surface area contributed by atoms with Gasteiger partial charge in [-0.25, -0.2) is 0 Å². The van der Waals surface area contributed by atoms with Crippen molar-refractivity contribution in [2.24, 2.45) is 11.8 Å². The Labute approximate surface area is 107 Å². The minimum Gasteiger partial charge on any atom is -0.387 e. The molecule has 1 aromatic rings. The predicted molar refractivity (Wildman–Crippen MR) is 70.9 cm³/mol. The van der Waals surface area contributed by atoms with Crippen molar-refractivity contribution < 1.29 is 9.90 Å². The molecule has 1 aromatic heterocycles. The number of thiophene rings is 1. The number of aliphatic hydroxyl groups is 1. The Bertz CT molecular complexity index is 335. The van der Waals surface area contributed by atoms with Gasteiger partial charge in [-0.15, -0.1) is 0 Å². The predicted octanol–water partition coefficient (Wildman–Crippen LogP) is 2.58. The van der Waals surface area contributed by atoms with Gasteiger partial charge in [0.1, 0.15) is 0 Å². The Hall–Kier alpha value is -0.870. The Morgan fingerprint density at radius 1 is 1.47 bits per heavy atom. The van der Waals surface area contributed by atoms with Gasteiger partial charge >= 0.3 is 0 Å². The van der Waals surface area contributed by atoms with Crippen molar-refractivity contribution in [1.82, 2.24) is 5.32 Å². The Balaban J connectivity index is 2.29. The van der Waals surface area contributed by atoms with E-state index in [-0.39, 0.29) is 5.91 Å². The van der Waals surface area contributed by atoms with Gasteiger partial charge in [-0.05, 0) is 34.2 Å². The van der Waals surface area contributed by atoms with E-state index in [1.165, 1.54) is 0 Å². The molecular weight excluding hydrogens is 234 g/mol. The highest BCUT2D eigenvalue weighted by atomic mass is 32.1. The van der Waals surface area contributed by atoms with Crippen LogP contribution in [0, 0.1) is 11.8 Å². The second kappa shape index (κ2) is 6.77. The smallest absolute Gasteiger partial charge is 0.220 e. The molecule has 0 aromatic carbocycles. The average Bonchev–Trinajstić information content (AvgIpc) is 2.79. The van der Waals surface area contributed by atoms with Gasteiger partial charge in [0.05, 0.1) is 6.10 Å². The quantitative estimate of drug-likeness (QED) is 0.821. The number of hydrogen-bond donors (Lipinski definition) is 2. The molecule has 3 nitrogen and oxygen atoms in total. The summed E-state index contributed by atoms with van der Waals surface area (Å²) in [6.07, 6.45) is -0.0758. The number of carbonyl (C=O) groups is 1. The highest BCUT2D eigenvalue weighted by molar-refractivity contribution is 7.07. The van der Waals surface area contributed by atoms with Crippen LogP contribution in [0.4, 0.5) is 0 Å². The summed E-state index contributed by atoms with van der Waals surface area (Å²) in [5, 5.41) is 16.4. The molecule has 1 rings (SSSR count). The minimum atomic E-state index is -0.598. The van der Waals surface area contributed by atoms with Gasteiger partial charge in [0.25, 0.3) is 0 Å². The van der Waals surface area contributed by atoms with E-state index in [9.17, 15) is 9.90 Å². The third-order valence-corrected chi connectivity index (χ3v) is 3.77. The van der Waals surface area contributed by atoms with E-state index in [1.807, 2.05) is 16.8 Å². The molecule has 4 heteroatoms. The molecule has 2 N–H and O–H groups in total. The van der Waals surface area contributed by atoms with Gasteiger partial charge in [0.15, 0.2) is 0 Å². The molecule has 0 radical (unpaired) electrons. The zero-order valence-corrected chi connectivity index (χ0v) is 11.5. The first-order valence-corrected chi connectivity index (χ1v) is 6.91. The second-order valence-electron chi connectivity index (χ2n) is 4.80. The van der Waals surface area contributed by atoms with Crippen molar-refractivity contribution in [2.45, 2.75) is 33.3 Å². The van der Waals surface area contributed by atoms with E-state index in [1.54, 1.807) is 11.3 Å². The molecule has 2 atom stereocenters. The fourth-order valence-electron chi connectivity index (χ4n) is 1.39. The maximum absolute atomic E-state index is 11.6. The van der Waals surface area contributed by atoms with Gasteiger partial charge in [0.2, 0.25) is 5.91 Å². The molecule has 0 spiro atoms. The van der Waals surface area contributed by atoms with E-state index < -0.39 is 6.10 Å². The van der Waals surface area contributed by atoms with Crippen LogP contribution in [-0.2, 0) is 4.79 Å². The van der Waals surface area contributed by atoms with E-state index in [4.69, 9.17) is 0 Å². The lowest BCUT2D eigenvalue weighted by Gasteiger charge is -2.16. The summed E-state index contributed by atoms with van der Waals surface area (Å²) in [6.45, 7) is 6.58. The highest BCUT2D eigenvalue weighted by Gasteiger charge is 2.14. The number of amides is 1. The SMILES string of the molecule is CC(C)C(C)CC(=O)NCC(O)c1ccsc1. The number of nitrogens with one attached hydrogen (secondary N) is 1. The average molecular weight is 255 g/mol. The summed E-state index contributed by atoms with van der Waals surface area (Å²) in [7, 11) is 0. The van der Waals surface area contributed by atoms with Crippen molar-refractivity contribution in [1.29, 1.82) is 0 Å². The van der Waals surface area contributed by atoms with E-state index in [0.717, 1.165) is 5.56 Å². The summed E-state index contributed by atoms with van der Waals surface area (Å²) >= 11 is 1.54. The van der Waals surface area contributed by atoms with Crippen LogP contribution in [0.25, 0.3) is 0 Å². The van der Waals surface area contributed by atoms with Crippen molar-refractivity contribution in [3.63, 3.8) is 0 Å². The minimum absolute atomic E-state index is 0.0143. The molecule has 0 aliphatic heterocycles. The summed E-state index contributed by atoms with van der Waals surface area (Å²) in [5.74, 6) is 0.885. The van der Waals surface area contributed by atoms with E-state index >= 15 is 0 Å². The van der Waals surface area contributed by atoms with E-state index in [2.05, 4.69) is 26.1 Å². The van der Waals surface area contributed by atoms with Crippen molar-refractivity contribution in [3.8, 4) is 0 Å². The van der Waals surface area contributed by atoms with E-state index in [0.29, 0.717) is 24.8 Å². The van der Waals surface area contributed by atoms with Gasteiger partial charge in [-0.3, -0.25) is 4.79 Å². The summed E-state index contributed by atoms with van der Waals surface area (Å²) < 4.78 is 0. The Kier molecular flexibility index (Phi) is 5.65. The van der Waals surface area contributed by atoms with Gasteiger partial charge in [0, 0.05) is 13.0 Å². The Morgan fingerprint density at radius 2 is 2.18 bits per heavy atom. The van der Waals surface area contributed by atoms with Crippen LogP contribution < -0.4 is 5.32 Å².